The highest BCUT2D eigenvalue weighted by Crippen LogP contribution is 2.30. The Morgan fingerprint density at radius 3 is 2.00 bits per heavy atom. The molecule has 5 nitrogen and oxygen atoms in total. The smallest absolute Gasteiger partial charge is 0.323 e. The van der Waals surface area contributed by atoms with Crippen molar-refractivity contribution in [3.63, 3.8) is 0 Å². The van der Waals surface area contributed by atoms with Gasteiger partial charge in [0.2, 0.25) is 0 Å². The predicted molar refractivity (Wildman–Crippen MR) is 53.3 cm³/mol. The summed E-state index contributed by atoms with van der Waals surface area (Å²) in [6.07, 6.45) is -0.186. The SMILES string of the molecule is CCOC(=O)C(C)(CC(C)(C)O)C(=O)O. The van der Waals surface area contributed by atoms with E-state index in [9.17, 15) is 14.7 Å². The molecule has 88 valence electrons. The molecular formula is C10H18O5. The van der Waals surface area contributed by atoms with Crippen LogP contribution in [0.4, 0.5) is 0 Å². The van der Waals surface area contributed by atoms with Gasteiger partial charge in [-0.05, 0) is 27.7 Å². The second kappa shape index (κ2) is 4.61. The quantitative estimate of drug-likeness (QED) is 0.526. The van der Waals surface area contributed by atoms with Crippen LogP contribution in [0.2, 0.25) is 0 Å². The summed E-state index contributed by atoms with van der Waals surface area (Å²) in [5, 5.41) is 18.5. The van der Waals surface area contributed by atoms with Crippen LogP contribution in [-0.2, 0) is 14.3 Å². The van der Waals surface area contributed by atoms with Crippen molar-refractivity contribution in [3.05, 3.63) is 0 Å². The molecule has 0 aliphatic heterocycles. The molecule has 5 heteroatoms. The summed E-state index contributed by atoms with van der Waals surface area (Å²) in [5.41, 5.74) is -2.94. The lowest BCUT2D eigenvalue weighted by molar-refractivity contribution is -0.171. The molecule has 0 rings (SSSR count). The number of carbonyl (C=O) groups is 2. The Morgan fingerprint density at radius 1 is 1.27 bits per heavy atom. The van der Waals surface area contributed by atoms with Crippen molar-refractivity contribution >= 4 is 11.9 Å². The molecule has 0 aromatic carbocycles. The number of carbonyl (C=O) groups excluding carboxylic acids is 1. The minimum absolute atomic E-state index is 0.119. The van der Waals surface area contributed by atoms with Crippen LogP contribution in [0.1, 0.15) is 34.1 Å². The van der Waals surface area contributed by atoms with E-state index in [-0.39, 0.29) is 13.0 Å². The summed E-state index contributed by atoms with van der Waals surface area (Å²) in [4.78, 5) is 22.5. The molecule has 0 saturated heterocycles. The molecular weight excluding hydrogens is 200 g/mol. The number of aliphatic hydroxyl groups is 1. The fourth-order valence-corrected chi connectivity index (χ4v) is 1.39. The van der Waals surface area contributed by atoms with Gasteiger partial charge in [0.05, 0.1) is 12.2 Å². The van der Waals surface area contributed by atoms with E-state index in [2.05, 4.69) is 4.74 Å². The maximum atomic E-state index is 11.5. The van der Waals surface area contributed by atoms with Gasteiger partial charge in [0.15, 0.2) is 5.41 Å². The number of hydrogen-bond acceptors (Lipinski definition) is 4. The van der Waals surface area contributed by atoms with Crippen molar-refractivity contribution in [2.24, 2.45) is 5.41 Å². The number of carboxylic acids is 1. The van der Waals surface area contributed by atoms with E-state index < -0.39 is 23.0 Å². The van der Waals surface area contributed by atoms with Gasteiger partial charge in [-0.1, -0.05) is 0 Å². The number of rotatable bonds is 5. The first-order chi connectivity index (χ1) is 6.63. The molecule has 0 aliphatic rings. The van der Waals surface area contributed by atoms with Gasteiger partial charge in [-0.25, -0.2) is 0 Å². The fourth-order valence-electron chi connectivity index (χ4n) is 1.39. The monoisotopic (exact) mass is 218 g/mol. The van der Waals surface area contributed by atoms with E-state index in [1.807, 2.05) is 0 Å². The Kier molecular flexibility index (Phi) is 4.27. The van der Waals surface area contributed by atoms with Crippen LogP contribution in [-0.4, -0.2) is 34.4 Å². The Morgan fingerprint density at radius 2 is 1.73 bits per heavy atom. The zero-order valence-electron chi connectivity index (χ0n) is 9.53. The van der Waals surface area contributed by atoms with Crippen LogP contribution in [0, 0.1) is 5.41 Å². The second-order valence-electron chi connectivity index (χ2n) is 4.35. The number of carboxylic acid groups (broad SMARTS) is 1. The van der Waals surface area contributed by atoms with Gasteiger partial charge < -0.3 is 14.9 Å². The first kappa shape index (κ1) is 13.9. The van der Waals surface area contributed by atoms with Gasteiger partial charge in [0, 0.05) is 6.42 Å². The van der Waals surface area contributed by atoms with E-state index in [0.29, 0.717) is 0 Å². The zero-order valence-corrected chi connectivity index (χ0v) is 9.53. The first-order valence-corrected chi connectivity index (χ1v) is 4.76. The lowest BCUT2D eigenvalue weighted by Gasteiger charge is -2.28. The van der Waals surface area contributed by atoms with Crippen LogP contribution in [0.5, 0.6) is 0 Å². The van der Waals surface area contributed by atoms with Crippen molar-refractivity contribution in [2.75, 3.05) is 6.61 Å². The molecule has 0 heterocycles. The third-order valence-electron chi connectivity index (χ3n) is 1.98. The molecule has 0 aromatic rings. The molecule has 0 fully saturated rings. The molecule has 0 spiro atoms. The second-order valence-corrected chi connectivity index (χ2v) is 4.35. The van der Waals surface area contributed by atoms with Crippen molar-refractivity contribution in [2.45, 2.75) is 39.7 Å². The number of hydrogen-bond donors (Lipinski definition) is 2. The molecule has 0 saturated carbocycles. The van der Waals surface area contributed by atoms with Crippen LogP contribution in [0.15, 0.2) is 0 Å². The van der Waals surface area contributed by atoms with Crippen LogP contribution in [0.3, 0.4) is 0 Å². The first-order valence-electron chi connectivity index (χ1n) is 4.76. The Balaban J connectivity index is 4.91. The number of esters is 1. The number of ether oxygens (including phenoxy) is 1. The predicted octanol–water partition coefficient (Wildman–Crippen LogP) is 0.801. The average molecular weight is 218 g/mol. The average Bonchev–Trinajstić information content (AvgIpc) is 2.01. The molecule has 1 atom stereocenters. The van der Waals surface area contributed by atoms with Crippen LogP contribution >= 0.6 is 0 Å². The largest absolute Gasteiger partial charge is 0.480 e. The molecule has 0 aliphatic carbocycles. The lowest BCUT2D eigenvalue weighted by atomic mass is 9.80. The molecule has 1 unspecified atom stereocenters. The van der Waals surface area contributed by atoms with Crippen molar-refractivity contribution in [1.29, 1.82) is 0 Å². The maximum Gasteiger partial charge on any atom is 0.323 e. The Hall–Kier alpha value is -1.10. The minimum atomic E-state index is -1.70. The van der Waals surface area contributed by atoms with Crippen molar-refractivity contribution < 1.29 is 24.5 Å². The molecule has 0 bridgehead atoms. The van der Waals surface area contributed by atoms with Crippen LogP contribution < -0.4 is 0 Å². The van der Waals surface area contributed by atoms with E-state index in [0.717, 1.165) is 0 Å². The maximum absolute atomic E-state index is 11.5. The summed E-state index contributed by atoms with van der Waals surface area (Å²) in [6.45, 7) is 5.88. The summed E-state index contributed by atoms with van der Waals surface area (Å²) in [5.74, 6) is -2.11. The summed E-state index contributed by atoms with van der Waals surface area (Å²) >= 11 is 0. The molecule has 0 radical (unpaired) electrons. The van der Waals surface area contributed by atoms with Gasteiger partial charge in [0.25, 0.3) is 0 Å². The molecule has 2 N–H and O–H groups in total. The van der Waals surface area contributed by atoms with Crippen molar-refractivity contribution in [3.8, 4) is 0 Å². The lowest BCUT2D eigenvalue weighted by Crippen LogP contribution is -2.43. The van der Waals surface area contributed by atoms with Crippen molar-refractivity contribution in [1.82, 2.24) is 0 Å². The highest BCUT2D eigenvalue weighted by atomic mass is 16.5. The Labute approximate surface area is 89.0 Å². The minimum Gasteiger partial charge on any atom is -0.480 e. The van der Waals surface area contributed by atoms with Gasteiger partial charge in [-0.2, -0.15) is 0 Å². The molecule has 0 amide bonds. The van der Waals surface area contributed by atoms with E-state index in [4.69, 9.17) is 5.11 Å². The standard InChI is InChI=1S/C10H18O5/c1-5-15-8(13)10(4,7(11)12)6-9(2,3)14/h14H,5-6H2,1-4H3,(H,11,12). The third kappa shape index (κ3) is 3.87. The zero-order chi connectivity index (χ0) is 12.3. The van der Waals surface area contributed by atoms with Gasteiger partial charge >= 0.3 is 11.9 Å². The summed E-state index contributed by atoms with van der Waals surface area (Å²) < 4.78 is 4.68. The van der Waals surface area contributed by atoms with Gasteiger partial charge in [0.1, 0.15) is 0 Å². The van der Waals surface area contributed by atoms with E-state index in [1.54, 1.807) is 6.92 Å². The highest BCUT2D eigenvalue weighted by Gasteiger charge is 2.46. The van der Waals surface area contributed by atoms with Gasteiger partial charge in [-0.15, -0.1) is 0 Å². The summed E-state index contributed by atoms with van der Waals surface area (Å²) in [6, 6.07) is 0. The highest BCUT2D eigenvalue weighted by molar-refractivity contribution is 5.98. The molecule has 0 aromatic heterocycles. The number of aliphatic carboxylic acids is 1. The Bertz CT molecular complexity index is 253. The van der Waals surface area contributed by atoms with E-state index in [1.165, 1.54) is 20.8 Å². The molecule has 15 heavy (non-hydrogen) atoms. The normalized spacial score (nSPS) is 15.5. The third-order valence-corrected chi connectivity index (χ3v) is 1.98. The topological polar surface area (TPSA) is 83.8 Å². The van der Waals surface area contributed by atoms with Crippen LogP contribution in [0.25, 0.3) is 0 Å². The summed E-state index contributed by atoms with van der Waals surface area (Å²) in [7, 11) is 0. The van der Waals surface area contributed by atoms with E-state index >= 15 is 0 Å². The fraction of sp³-hybridized carbons (Fsp3) is 0.800. The van der Waals surface area contributed by atoms with Gasteiger partial charge in [-0.3, -0.25) is 9.59 Å².